The summed E-state index contributed by atoms with van der Waals surface area (Å²) in [5.74, 6) is -1.73. The molecule has 498 valence electrons. The standard InChI is InChI=1S/C21H20N2O2S.C19H27NO5.C19H25NO5.C10H14.CH3.ClH.Ru.2H2S/c1-16-12-14-19(15-13-16)26(24,25)23-21(18-10-6-3-7-11-18)20(22)17-8-4-2-5-9-17;2*1-6-24-17(22)15-10-13-8-7-12(9-14(13)16(15)21)11-20(5)18(23)25-19(2,3)4;1-8(2)10-6-4-9(3)5-7-10;;;;;/h2-15,20-22H,1H3;7-9,15-16,21H,6,10-11H2,1-5H3;7-9,15H,6,10-11H2,1-5H3;4-8H,1-3H3;1H3;1H;;2*1H2/q-2;;;;-1;;+4;;/p-1/t20-,21-;15-,16+;;;;;;;/m00......./s1. The topological polar surface area (TPSA) is 221 Å². The van der Waals surface area contributed by atoms with Crippen molar-refractivity contribution in [2.45, 2.75) is 149 Å². The van der Waals surface area contributed by atoms with E-state index in [2.05, 4.69) is 59.4 Å². The summed E-state index contributed by atoms with van der Waals surface area (Å²) in [6.07, 6.45) is -0.866. The molecule has 2 aliphatic rings. The molecule has 0 aliphatic heterocycles. The predicted octanol–water partition coefficient (Wildman–Crippen LogP) is 15.9. The summed E-state index contributed by atoms with van der Waals surface area (Å²) in [7, 11) is 4.01. The number of hydrogen-bond donors (Lipinski definition) is 1. The zero-order valence-electron chi connectivity index (χ0n) is 55.0. The quantitative estimate of drug-likeness (QED) is 0.0333. The number of amides is 2. The van der Waals surface area contributed by atoms with Gasteiger partial charge >= 0.3 is 51.1 Å². The van der Waals surface area contributed by atoms with E-state index < -0.39 is 69.4 Å². The number of hydrogen-bond acceptors (Lipinski definition) is 12. The Morgan fingerprint density at radius 3 is 1.55 bits per heavy atom. The maximum absolute atomic E-state index is 12.8. The van der Waals surface area contributed by atoms with Crippen LogP contribution in [0.3, 0.4) is 0 Å². The third kappa shape index (κ3) is 26.1. The molecule has 16 nitrogen and oxygen atoms in total. The molecular formula is C70H93ClN4O12RuS3. The summed E-state index contributed by atoms with van der Waals surface area (Å²) in [5, 5.41) is 10.5. The number of carbonyl (C=O) groups excluding carboxylic acids is 5. The van der Waals surface area contributed by atoms with Gasteiger partial charge in [-0.25, -0.2) is 18.0 Å². The van der Waals surface area contributed by atoms with Crippen LogP contribution >= 0.6 is 36.7 Å². The van der Waals surface area contributed by atoms with Gasteiger partial charge in [-0.1, -0.05) is 163 Å². The summed E-state index contributed by atoms with van der Waals surface area (Å²) in [5.41, 5.74) is 17.4. The van der Waals surface area contributed by atoms with Gasteiger partial charge in [0.1, 0.15) is 27.1 Å². The minimum atomic E-state index is -3.87. The summed E-state index contributed by atoms with van der Waals surface area (Å²) in [4.78, 5) is 63.5. The zero-order chi connectivity index (χ0) is 65.7. The summed E-state index contributed by atoms with van der Waals surface area (Å²) in [6, 6.07) is 43.1. The number of esters is 2. The number of ether oxygens (including phenoxy) is 4. The number of Topliss-reactive ketones (excluding diaryl/α,β-unsaturated/α-hetero) is 1. The molecule has 8 rings (SSSR count). The van der Waals surface area contributed by atoms with Gasteiger partial charge in [0.15, 0.2) is 5.78 Å². The molecule has 6 aromatic rings. The fourth-order valence-electron chi connectivity index (χ4n) is 9.33. The molecule has 0 fully saturated rings. The number of aliphatic hydroxyl groups is 1. The molecule has 0 radical (unpaired) electrons. The molecule has 2 amide bonds. The van der Waals surface area contributed by atoms with E-state index in [4.69, 9.17) is 24.7 Å². The average molecular weight is 1420 g/mol. The van der Waals surface area contributed by atoms with Crippen LogP contribution in [0, 0.1) is 33.1 Å². The number of fused-ring (bicyclic) bond motifs is 2. The van der Waals surface area contributed by atoms with Gasteiger partial charge in [0.2, 0.25) is 0 Å². The van der Waals surface area contributed by atoms with Gasteiger partial charge in [-0.2, -0.15) is 27.0 Å². The molecule has 1 unspecified atom stereocenters. The van der Waals surface area contributed by atoms with Crippen molar-refractivity contribution in [2.24, 2.45) is 11.8 Å². The molecule has 21 heteroatoms. The van der Waals surface area contributed by atoms with Crippen LogP contribution in [0.15, 0.2) is 150 Å². The van der Waals surface area contributed by atoms with Gasteiger partial charge < -0.3 is 51.7 Å². The summed E-state index contributed by atoms with van der Waals surface area (Å²) >= 11 is 1.82. The van der Waals surface area contributed by atoms with Gasteiger partial charge in [0, 0.05) is 37.6 Å². The Kier molecular flexibility index (Phi) is 35.4. The molecule has 0 heterocycles. The molecule has 0 bridgehead atoms. The van der Waals surface area contributed by atoms with Crippen molar-refractivity contribution in [1.29, 1.82) is 0 Å². The van der Waals surface area contributed by atoms with E-state index >= 15 is 0 Å². The van der Waals surface area contributed by atoms with Crippen LogP contribution in [-0.2, 0) is 81.8 Å². The molecule has 91 heavy (non-hydrogen) atoms. The Morgan fingerprint density at radius 1 is 0.648 bits per heavy atom. The normalized spacial score (nSPS) is 15.0. The maximum atomic E-state index is 12.8. The van der Waals surface area contributed by atoms with E-state index in [0.717, 1.165) is 38.9 Å². The van der Waals surface area contributed by atoms with E-state index in [1.807, 2.05) is 157 Å². The molecule has 0 aromatic heterocycles. The van der Waals surface area contributed by atoms with Crippen LogP contribution in [0.25, 0.3) is 10.5 Å². The Morgan fingerprint density at radius 2 is 1.09 bits per heavy atom. The van der Waals surface area contributed by atoms with Crippen LogP contribution < -0.4 is 0 Å². The van der Waals surface area contributed by atoms with Crippen molar-refractivity contribution in [3.63, 3.8) is 0 Å². The Bertz CT molecular complexity index is 3350. The van der Waals surface area contributed by atoms with Gasteiger partial charge in [0.05, 0.1) is 25.2 Å². The van der Waals surface area contributed by atoms with Crippen molar-refractivity contribution < 1.29 is 73.8 Å². The fraction of sp³-hybridized carbons (Fsp3) is 0.400. The van der Waals surface area contributed by atoms with Crippen LogP contribution in [0.5, 0.6) is 0 Å². The van der Waals surface area contributed by atoms with Gasteiger partial charge in [-0.05, 0) is 140 Å². The molecule has 0 spiro atoms. The number of sulfonamides is 1. The number of rotatable bonds is 15. The first kappa shape index (κ1) is 82.9. The van der Waals surface area contributed by atoms with Crippen LogP contribution in [0.4, 0.5) is 9.59 Å². The molecule has 0 saturated carbocycles. The SMILES string of the molecule is CCOC(=O)C1Cc2ccc(CN(C)C(=O)OC(C)(C)C)cc2C1=O.CCOC(=O)[C@H]1Cc2ccc(CN(C)C(=O)OC(C)(C)C)cc2[C@H]1O.Cc1ccc(C(C)C)cc1.Cc1ccc(S(=O)(=O)[N-][C@@H](c2ccccc2)[C@@H]([NH-])c2ccccc2)cc1.S.S.[CH3-].[Cl][Ru+3]. The monoisotopic (exact) mass is 1410 g/mol. The van der Waals surface area contributed by atoms with Crippen molar-refractivity contribution in [3.05, 3.63) is 225 Å². The third-order valence-electron chi connectivity index (χ3n) is 13.9. The van der Waals surface area contributed by atoms with E-state index in [1.54, 1.807) is 58.3 Å². The number of nitrogens with zero attached hydrogens (tertiary/aromatic N) is 3. The molecule has 2 N–H and O–H groups in total. The van der Waals surface area contributed by atoms with Crippen molar-refractivity contribution in [1.82, 2.24) is 9.80 Å². The van der Waals surface area contributed by atoms with Crippen LogP contribution in [0.1, 0.15) is 159 Å². The first-order chi connectivity index (χ1) is 41.4. The van der Waals surface area contributed by atoms with Crippen LogP contribution in [-0.4, -0.2) is 91.7 Å². The van der Waals surface area contributed by atoms with Crippen molar-refractivity contribution in [3.8, 4) is 0 Å². The summed E-state index contributed by atoms with van der Waals surface area (Å²) < 4.78 is 50.4. The first-order valence-electron chi connectivity index (χ1n) is 29.1. The number of benzene rings is 6. The van der Waals surface area contributed by atoms with Gasteiger partial charge in [-0.15, -0.1) is 12.1 Å². The minimum absolute atomic E-state index is 0. The number of halogens is 1. The number of aryl methyl sites for hydroxylation is 2. The number of ketones is 1. The third-order valence-corrected chi connectivity index (χ3v) is 15.2. The Labute approximate surface area is 569 Å². The zero-order valence-corrected chi connectivity index (χ0v) is 60.3. The Balaban J connectivity index is 0.000000616. The Hall–Kier alpha value is -6.09. The predicted molar refractivity (Wildman–Crippen MR) is 368 cm³/mol. The van der Waals surface area contributed by atoms with E-state index in [0.29, 0.717) is 49.6 Å². The molecule has 2 aliphatic carbocycles. The molecule has 0 saturated heterocycles. The fourth-order valence-corrected chi connectivity index (χ4v) is 10.5. The number of aliphatic hydroxyl groups excluding tert-OH is 1. The molecule has 6 aromatic carbocycles. The van der Waals surface area contributed by atoms with Crippen molar-refractivity contribution >= 4 is 76.6 Å². The second-order valence-corrected chi connectivity index (χ2v) is 25.4. The van der Waals surface area contributed by atoms with E-state index in [9.17, 15) is 37.5 Å². The van der Waals surface area contributed by atoms with Gasteiger partial charge in [0.25, 0.3) is 0 Å². The average Bonchev–Trinajstić information content (AvgIpc) is 1.76. The second kappa shape index (κ2) is 38.8. The number of carbonyl (C=O) groups is 5. The second-order valence-electron chi connectivity index (χ2n) is 23.8. The van der Waals surface area contributed by atoms with Crippen molar-refractivity contribution in [2.75, 3.05) is 27.3 Å². The van der Waals surface area contributed by atoms with Gasteiger partial charge in [-0.3, -0.25) is 14.4 Å². The first-order valence-corrected chi connectivity index (χ1v) is 32.8. The molecule has 5 atom stereocenters. The molecular weight excluding hydrogens is 1320 g/mol. The summed E-state index contributed by atoms with van der Waals surface area (Å²) in [6.45, 7) is 24.0. The van der Waals surface area contributed by atoms with E-state index in [1.165, 1.54) is 20.9 Å². The van der Waals surface area contributed by atoms with Crippen LogP contribution in [0.2, 0.25) is 0 Å². The van der Waals surface area contributed by atoms with E-state index in [-0.39, 0.29) is 57.7 Å². The number of nitrogens with one attached hydrogen (secondary N) is 1.